The van der Waals surface area contributed by atoms with Crippen molar-refractivity contribution >= 4 is 11.9 Å². The molecule has 13 nitrogen and oxygen atoms in total. The number of ether oxygens (including phenoxy) is 5. The number of carbonyl (C=O) groups excluding carboxylic acids is 2. The number of allylic oxidation sites excluding steroid dienone is 1. The third kappa shape index (κ3) is 6.62. The maximum absolute atomic E-state index is 12.7. The lowest BCUT2D eigenvalue weighted by atomic mass is 9.86. The molecule has 1 saturated heterocycles. The van der Waals surface area contributed by atoms with Crippen molar-refractivity contribution in [3.63, 3.8) is 0 Å². The predicted octanol–water partition coefficient (Wildman–Crippen LogP) is -0.634. The normalized spacial score (nSPS) is 30.3. The van der Waals surface area contributed by atoms with E-state index in [4.69, 9.17) is 23.7 Å². The van der Waals surface area contributed by atoms with E-state index in [-0.39, 0.29) is 36.5 Å². The van der Waals surface area contributed by atoms with Gasteiger partial charge in [0.15, 0.2) is 17.8 Å². The largest absolute Gasteiger partial charge is 0.504 e. The summed E-state index contributed by atoms with van der Waals surface area (Å²) in [6.45, 7) is 0.912. The van der Waals surface area contributed by atoms with Crippen molar-refractivity contribution in [2.45, 2.75) is 56.8 Å². The average Bonchev–Trinajstić information content (AvgIpc) is 2.90. The maximum Gasteiger partial charge on any atom is 0.337 e. The van der Waals surface area contributed by atoms with Gasteiger partial charge in [-0.2, -0.15) is 0 Å². The van der Waals surface area contributed by atoms with Crippen molar-refractivity contribution in [1.82, 2.24) is 0 Å². The molecule has 1 aromatic rings. The summed E-state index contributed by atoms with van der Waals surface area (Å²) >= 11 is 0. The van der Waals surface area contributed by atoms with Crippen LogP contribution in [-0.2, 0) is 39.7 Å². The number of aromatic hydroxyl groups is 2. The molecule has 210 valence electrons. The first-order chi connectivity index (χ1) is 18.1. The molecule has 0 saturated carbocycles. The summed E-state index contributed by atoms with van der Waals surface area (Å²) in [6, 6.07) is 4.23. The Morgan fingerprint density at radius 3 is 2.45 bits per heavy atom. The summed E-state index contributed by atoms with van der Waals surface area (Å²) < 4.78 is 26.7. The number of methoxy groups -OCH3 is 1. The van der Waals surface area contributed by atoms with Crippen LogP contribution in [-0.4, -0.2) is 99.9 Å². The fraction of sp³-hybridized carbons (Fsp3) is 0.520. The van der Waals surface area contributed by atoms with E-state index in [2.05, 4.69) is 0 Å². The van der Waals surface area contributed by atoms with Crippen LogP contribution in [0.5, 0.6) is 11.5 Å². The summed E-state index contributed by atoms with van der Waals surface area (Å²) in [5.74, 6) is -2.89. The van der Waals surface area contributed by atoms with Crippen molar-refractivity contribution in [3.05, 3.63) is 47.2 Å². The van der Waals surface area contributed by atoms with Gasteiger partial charge in [0.2, 0.25) is 6.29 Å². The van der Waals surface area contributed by atoms with Crippen LogP contribution in [0.15, 0.2) is 41.7 Å². The van der Waals surface area contributed by atoms with Crippen molar-refractivity contribution in [3.8, 4) is 11.5 Å². The molecular weight excluding hydrogens is 508 g/mol. The number of phenols is 2. The van der Waals surface area contributed by atoms with Crippen molar-refractivity contribution in [2.24, 2.45) is 5.92 Å². The summed E-state index contributed by atoms with van der Waals surface area (Å²) in [4.78, 5) is 25.1. The van der Waals surface area contributed by atoms with Gasteiger partial charge in [-0.05, 0) is 24.6 Å². The molecule has 0 aromatic heterocycles. The Bertz CT molecular complexity index is 1050. The highest BCUT2D eigenvalue weighted by atomic mass is 16.8. The molecule has 0 aliphatic carbocycles. The summed E-state index contributed by atoms with van der Waals surface area (Å²) in [5, 5.41) is 58.8. The third-order valence-corrected chi connectivity index (χ3v) is 6.29. The molecule has 0 amide bonds. The molecule has 13 heteroatoms. The van der Waals surface area contributed by atoms with E-state index >= 15 is 0 Å². The number of benzene rings is 1. The highest BCUT2D eigenvalue weighted by Gasteiger charge is 2.46. The highest BCUT2D eigenvalue weighted by Crippen LogP contribution is 2.36. The smallest absolute Gasteiger partial charge is 0.337 e. The monoisotopic (exact) mass is 540 g/mol. The summed E-state index contributed by atoms with van der Waals surface area (Å²) in [7, 11) is 1.16. The Hall–Kier alpha value is -3.20. The topological polar surface area (TPSA) is 202 Å². The zero-order valence-electron chi connectivity index (χ0n) is 20.8. The number of hydrogen-bond acceptors (Lipinski definition) is 13. The summed E-state index contributed by atoms with van der Waals surface area (Å²) in [6.07, 6.45) is -6.39. The minimum atomic E-state index is -1.69. The molecule has 3 rings (SSSR count). The molecule has 0 spiro atoms. The van der Waals surface area contributed by atoms with Crippen molar-refractivity contribution in [1.29, 1.82) is 0 Å². The molecule has 2 aliphatic rings. The second kappa shape index (κ2) is 13.0. The molecule has 0 radical (unpaired) electrons. The first-order valence-corrected chi connectivity index (χ1v) is 11.8. The van der Waals surface area contributed by atoms with Crippen LogP contribution in [0.25, 0.3) is 0 Å². The van der Waals surface area contributed by atoms with Gasteiger partial charge in [0.1, 0.15) is 24.4 Å². The van der Waals surface area contributed by atoms with Crippen LogP contribution < -0.4 is 0 Å². The molecule has 1 fully saturated rings. The quantitative estimate of drug-likeness (QED) is 0.131. The zero-order chi connectivity index (χ0) is 28.0. The van der Waals surface area contributed by atoms with Gasteiger partial charge in [-0.3, -0.25) is 4.79 Å². The molecule has 6 N–H and O–H groups in total. The highest BCUT2D eigenvalue weighted by molar-refractivity contribution is 5.90. The van der Waals surface area contributed by atoms with E-state index in [1.165, 1.54) is 12.1 Å². The standard InChI is InChI=1S/C25H32O13/c1-3-13-14(9-19(29)35-7-6-12-4-5-16(27)17(28)8-12)15(23(33)34-2)11-36-24(13)38-25-22(32)21(31)20(30)18(10-26)37-25/h3-5,8,11,14,18,20-22,24-28,30-32H,6-7,9-10H2,1-2H3/b13-3-/t14?,18?,20?,21?,22?,24-,25?/m0/s1. The fourth-order valence-electron chi connectivity index (χ4n) is 4.16. The second-order valence-corrected chi connectivity index (χ2v) is 8.71. The van der Waals surface area contributed by atoms with Crippen LogP contribution in [0.1, 0.15) is 18.9 Å². The minimum absolute atomic E-state index is 0.00894. The predicted molar refractivity (Wildman–Crippen MR) is 126 cm³/mol. The lowest BCUT2D eigenvalue weighted by Gasteiger charge is -2.41. The number of esters is 2. The molecule has 2 heterocycles. The Morgan fingerprint density at radius 1 is 1.08 bits per heavy atom. The molecule has 7 atom stereocenters. The van der Waals surface area contributed by atoms with Crippen LogP contribution in [0.3, 0.4) is 0 Å². The van der Waals surface area contributed by atoms with Crippen LogP contribution >= 0.6 is 0 Å². The summed E-state index contributed by atoms with van der Waals surface area (Å²) in [5.41, 5.74) is 0.927. The van der Waals surface area contributed by atoms with Gasteiger partial charge >= 0.3 is 11.9 Å². The van der Waals surface area contributed by atoms with Gasteiger partial charge in [-0.25, -0.2) is 4.79 Å². The van der Waals surface area contributed by atoms with Crippen molar-refractivity contribution in [2.75, 3.05) is 20.3 Å². The fourth-order valence-corrected chi connectivity index (χ4v) is 4.16. The number of hydrogen-bond donors (Lipinski definition) is 6. The third-order valence-electron chi connectivity index (χ3n) is 6.29. The van der Waals surface area contributed by atoms with E-state index < -0.39 is 61.5 Å². The lowest BCUT2D eigenvalue weighted by Crippen LogP contribution is -2.60. The Kier molecular flexibility index (Phi) is 10.1. The first kappa shape index (κ1) is 29.4. The Morgan fingerprint density at radius 2 is 1.82 bits per heavy atom. The van der Waals surface area contributed by atoms with E-state index in [1.54, 1.807) is 19.1 Å². The molecule has 0 bridgehead atoms. The van der Waals surface area contributed by atoms with E-state index in [0.29, 0.717) is 11.1 Å². The second-order valence-electron chi connectivity index (χ2n) is 8.71. The number of carbonyl (C=O) groups is 2. The van der Waals surface area contributed by atoms with Crippen LogP contribution in [0.4, 0.5) is 0 Å². The average molecular weight is 541 g/mol. The number of aliphatic hydroxyl groups excluding tert-OH is 4. The molecule has 6 unspecified atom stereocenters. The Balaban J connectivity index is 1.71. The molecular formula is C25H32O13. The number of aliphatic hydroxyl groups is 4. The maximum atomic E-state index is 12.7. The zero-order valence-corrected chi connectivity index (χ0v) is 20.8. The van der Waals surface area contributed by atoms with E-state index in [1.807, 2.05) is 0 Å². The van der Waals surface area contributed by atoms with Crippen LogP contribution in [0, 0.1) is 5.92 Å². The van der Waals surface area contributed by atoms with Crippen LogP contribution in [0.2, 0.25) is 0 Å². The van der Waals surface area contributed by atoms with Gasteiger partial charge in [-0.1, -0.05) is 12.1 Å². The van der Waals surface area contributed by atoms with Crippen molar-refractivity contribution < 1.29 is 63.9 Å². The number of phenolic OH excluding ortho intramolecular Hbond substituents is 2. The first-order valence-electron chi connectivity index (χ1n) is 11.8. The molecule has 2 aliphatic heterocycles. The van der Waals surface area contributed by atoms with Gasteiger partial charge in [0.25, 0.3) is 0 Å². The van der Waals surface area contributed by atoms with E-state index in [0.717, 1.165) is 13.4 Å². The van der Waals surface area contributed by atoms with E-state index in [9.17, 15) is 40.2 Å². The van der Waals surface area contributed by atoms with Gasteiger partial charge in [0.05, 0.1) is 38.6 Å². The van der Waals surface area contributed by atoms with Gasteiger partial charge in [-0.15, -0.1) is 0 Å². The molecule has 38 heavy (non-hydrogen) atoms. The number of rotatable bonds is 9. The molecule has 1 aromatic carbocycles. The van der Waals surface area contributed by atoms with Gasteiger partial charge < -0.3 is 54.3 Å². The Labute approximate surface area is 218 Å². The minimum Gasteiger partial charge on any atom is -0.504 e. The SMILES string of the molecule is C/C=C1/C(CC(=O)OCCc2ccc(O)c(O)c2)C(C(=O)OC)=CO[C@H]1OC1OC(CO)C(O)C(O)C1O. The lowest BCUT2D eigenvalue weighted by molar-refractivity contribution is -0.327. The van der Waals surface area contributed by atoms with Gasteiger partial charge in [0, 0.05) is 17.9 Å².